The average molecular weight is 370 g/mol. The molecule has 0 saturated carbocycles. The van der Waals surface area contributed by atoms with Crippen molar-refractivity contribution in [1.82, 2.24) is 4.90 Å². The summed E-state index contributed by atoms with van der Waals surface area (Å²) in [6, 6.07) is 5.56. The van der Waals surface area contributed by atoms with Crippen LogP contribution >= 0.6 is 0 Å². The summed E-state index contributed by atoms with van der Waals surface area (Å²) in [5.41, 5.74) is 1.57. The van der Waals surface area contributed by atoms with Gasteiger partial charge in [-0.05, 0) is 25.8 Å². The van der Waals surface area contributed by atoms with E-state index in [1.54, 1.807) is 0 Å². The van der Waals surface area contributed by atoms with Gasteiger partial charge in [-0.2, -0.15) is 0 Å². The third kappa shape index (κ3) is 2.13. The minimum Gasteiger partial charge on any atom is -0.326 e. The highest BCUT2D eigenvalue weighted by molar-refractivity contribution is 6.14. The van der Waals surface area contributed by atoms with Gasteiger partial charge < -0.3 is 10.6 Å². The Morgan fingerprint density at radius 3 is 2.52 bits per heavy atom. The molecule has 3 aliphatic rings. The van der Waals surface area contributed by atoms with Crippen LogP contribution in [0.4, 0.5) is 5.69 Å². The highest BCUT2D eigenvalue weighted by Crippen LogP contribution is 2.50. The van der Waals surface area contributed by atoms with Crippen LogP contribution in [-0.2, 0) is 19.9 Å². The average Bonchev–Trinajstić information content (AvgIpc) is 3.21. The van der Waals surface area contributed by atoms with Gasteiger partial charge in [-0.25, -0.2) is 0 Å². The second-order valence-corrected chi connectivity index (χ2v) is 8.62. The number of para-hydroxylation sites is 1. The van der Waals surface area contributed by atoms with E-state index in [2.05, 4.69) is 19.2 Å². The fourth-order valence-corrected chi connectivity index (χ4v) is 5.31. The topological polar surface area (TPSA) is 83.1 Å². The van der Waals surface area contributed by atoms with Gasteiger partial charge in [0.25, 0.3) is 5.91 Å². The van der Waals surface area contributed by atoms with Gasteiger partial charge >= 0.3 is 0 Å². The van der Waals surface area contributed by atoms with Crippen LogP contribution in [0.15, 0.2) is 18.2 Å². The lowest BCUT2D eigenvalue weighted by atomic mass is 9.75. The molecule has 2 saturated heterocycles. The quantitative estimate of drug-likeness (QED) is 0.783. The normalized spacial score (nSPS) is 33.0. The Bertz CT molecular complexity index is 849. The SMILES string of the molecule is CC[C@H](C)N1C(=O)[C@@H]2[C@@H](C(C)C)[NH2+][C@@]3(C(=O)Nc4c(C)cccc43)[C@@H]2C1=O. The molecule has 6 nitrogen and oxygen atoms in total. The summed E-state index contributed by atoms with van der Waals surface area (Å²) in [5, 5.41) is 5.02. The van der Waals surface area contributed by atoms with Gasteiger partial charge in [0, 0.05) is 17.5 Å². The van der Waals surface area contributed by atoms with E-state index in [0.29, 0.717) is 6.42 Å². The van der Waals surface area contributed by atoms with Crippen molar-refractivity contribution in [3.63, 3.8) is 0 Å². The number of imide groups is 1. The van der Waals surface area contributed by atoms with E-state index in [4.69, 9.17) is 0 Å². The molecule has 27 heavy (non-hydrogen) atoms. The van der Waals surface area contributed by atoms with Crippen molar-refractivity contribution in [2.45, 2.75) is 58.7 Å². The molecule has 0 radical (unpaired) electrons. The maximum atomic E-state index is 13.5. The summed E-state index contributed by atoms with van der Waals surface area (Å²) < 4.78 is 0. The third-order valence-corrected chi connectivity index (χ3v) is 6.88. The van der Waals surface area contributed by atoms with Crippen LogP contribution < -0.4 is 10.6 Å². The zero-order valence-corrected chi connectivity index (χ0v) is 16.6. The highest BCUT2D eigenvalue weighted by atomic mass is 16.2. The Kier molecular flexibility index (Phi) is 3.97. The molecule has 3 heterocycles. The van der Waals surface area contributed by atoms with Crippen LogP contribution in [0.1, 0.15) is 45.2 Å². The lowest BCUT2D eigenvalue weighted by Gasteiger charge is -2.29. The number of likely N-dealkylation sites (tertiary alicyclic amines) is 1. The predicted octanol–water partition coefficient (Wildman–Crippen LogP) is 1.14. The molecule has 1 aromatic rings. The van der Waals surface area contributed by atoms with Gasteiger partial charge in [-0.15, -0.1) is 0 Å². The standard InChI is InChI=1S/C21H27N3O3/c1-6-12(5)24-18(25)14-15(19(24)26)21(23-16(14)10(2)3)13-9-7-8-11(4)17(13)22-20(21)27/h7-10,12,14-16,23H,6H2,1-5H3,(H,22,27)/p+1/t12-,14-,15-,16+,21+/m0/s1. The molecule has 6 heteroatoms. The summed E-state index contributed by atoms with van der Waals surface area (Å²) in [5.74, 6) is -1.40. The Morgan fingerprint density at radius 1 is 1.19 bits per heavy atom. The second-order valence-electron chi connectivity index (χ2n) is 8.62. The van der Waals surface area contributed by atoms with Gasteiger partial charge in [0.1, 0.15) is 17.9 Å². The smallest absolute Gasteiger partial charge is 0.291 e. The van der Waals surface area contributed by atoms with Crippen LogP contribution in [-0.4, -0.2) is 34.7 Å². The van der Waals surface area contributed by atoms with Crippen molar-refractivity contribution >= 4 is 23.4 Å². The van der Waals surface area contributed by atoms with Crippen LogP contribution in [0.2, 0.25) is 0 Å². The lowest BCUT2D eigenvalue weighted by molar-refractivity contribution is -0.738. The Hall–Kier alpha value is -2.21. The van der Waals surface area contributed by atoms with Crippen molar-refractivity contribution in [2.24, 2.45) is 17.8 Å². The predicted molar refractivity (Wildman–Crippen MR) is 101 cm³/mol. The number of amides is 3. The zero-order chi connectivity index (χ0) is 19.7. The molecular formula is C21H28N3O3+. The van der Waals surface area contributed by atoms with Gasteiger partial charge in [0.05, 0.1) is 5.69 Å². The summed E-state index contributed by atoms with van der Waals surface area (Å²) in [6.45, 7) is 9.96. The van der Waals surface area contributed by atoms with E-state index < -0.39 is 17.4 Å². The first-order valence-electron chi connectivity index (χ1n) is 9.90. The number of hydrogen-bond donors (Lipinski definition) is 2. The Labute approximate surface area is 159 Å². The van der Waals surface area contributed by atoms with E-state index in [1.165, 1.54) is 4.90 Å². The molecule has 3 amide bonds. The number of hydrogen-bond acceptors (Lipinski definition) is 3. The molecule has 0 bridgehead atoms. The molecule has 3 aliphatic heterocycles. The number of rotatable bonds is 3. The molecule has 3 N–H and O–H groups in total. The van der Waals surface area contributed by atoms with E-state index in [9.17, 15) is 14.4 Å². The summed E-state index contributed by atoms with van der Waals surface area (Å²) in [4.78, 5) is 41.5. The minimum atomic E-state index is -1.05. The molecular weight excluding hydrogens is 342 g/mol. The minimum absolute atomic E-state index is 0.0993. The number of aryl methyl sites for hydroxylation is 1. The molecule has 0 aromatic heterocycles. The molecule has 0 unspecified atom stereocenters. The maximum absolute atomic E-state index is 13.5. The maximum Gasteiger partial charge on any atom is 0.291 e. The summed E-state index contributed by atoms with van der Waals surface area (Å²) in [7, 11) is 0. The van der Waals surface area contributed by atoms with Gasteiger partial charge in [0.15, 0.2) is 0 Å². The fraction of sp³-hybridized carbons (Fsp3) is 0.571. The van der Waals surface area contributed by atoms with Crippen molar-refractivity contribution in [3.8, 4) is 0 Å². The molecule has 144 valence electrons. The lowest BCUT2D eigenvalue weighted by Crippen LogP contribution is -2.99. The number of benzene rings is 1. The zero-order valence-electron chi connectivity index (χ0n) is 16.6. The summed E-state index contributed by atoms with van der Waals surface area (Å²) in [6.07, 6.45) is 0.710. The largest absolute Gasteiger partial charge is 0.326 e. The number of quaternary nitrogens is 1. The number of nitrogens with one attached hydrogen (secondary N) is 1. The van der Waals surface area contributed by atoms with E-state index in [0.717, 1.165) is 16.8 Å². The van der Waals surface area contributed by atoms with Crippen LogP contribution in [0, 0.1) is 24.7 Å². The van der Waals surface area contributed by atoms with E-state index in [-0.39, 0.29) is 35.7 Å². The molecule has 4 rings (SSSR count). The van der Waals surface area contributed by atoms with E-state index >= 15 is 0 Å². The van der Waals surface area contributed by atoms with Crippen LogP contribution in [0.25, 0.3) is 0 Å². The highest BCUT2D eigenvalue weighted by Gasteiger charge is 2.74. The number of nitrogens with zero attached hydrogens (tertiary/aromatic N) is 1. The monoisotopic (exact) mass is 370 g/mol. The van der Waals surface area contributed by atoms with Crippen LogP contribution in [0.5, 0.6) is 0 Å². The fourth-order valence-electron chi connectivity index (χ4n) is 5.31. The Morgan fingerprint density at radius 2 is 1.89 bits per heavy atom. The van der Waals surface area contributed by atoms with E-state index in [1.807, 2.05) is 44.3 Å². The number of carbonyl (C=O) groups excluding carboxylic acids is 3. The number of fused-ring (bicyclic) bond motifs is 4. The molecule has 1 aromatic carbocycles. The second kappa shape index (κ2) is 5.89. The first-order chi connectivity index (χ1) is 12.8. The van der Waals surface area contributed by atoms with Crippen molar-refractivity contribution in [1.29, 1.82) is 0 Å². The van der Waals surface area contributed by atoms with Gasteiger partial charge in [-0.1, -0.05) is 39.0 Å². The van der Waals surface area contributed by atoms with Gasteiger partial charge in [0.2, 0.25) is 17.4 Å². The van der Waals surface area contributed by atoms with Crippen molar-refractivity contribution in [2.75, 3.05) is 5.32 Å². The number of anilines is 1. The molecule has 2 fully saturated rings. The number of carbonyl (C=O) groups is 3. The Balaban J connectivity index is 1.92. The molecule has 1 spiro atoms. The summed E-state index contributed by atoms with van der Waals surface area (Å²) >= 11 is 0. The van der Waals surface area contributed by atoms with Crippen molar-refractivity contribution < 1.29 is 19.7 Å². The van der Waals surface area contributed by atoms with Crippen LogP contribution in [0.3, 0.4) is 0 Å². The molecule has 0 aliphatic carbocycles. The third-order valence-electron chi connectivity index (χ3n) is 6.88. The first kappa shape index (κ1) is 18.2. The van der Waals surface area contributed by atoms with Gasteiger partial charge in [-0.3, -0.25) is 19.3 Å². The number of nitrogens with two attached hydrogens (primary N) is 1. The van der Waals surface area contributed by atoms with Crippen molar-refractivity contribution in [3.05, 3.63) is 29.3 Å². The molecule has 5 atom stereocenters. The first-order valence-corrected chi connectivity index (χ1v) is 9.90.